The van der Waals surface area contributed by atoms with Crippen LogP contribution in [0.1, 0.15) is 47.0 Å². The van der Waals surface area contributed by atoms with E-state index in [9.17, 15) is 4.79 Å². The SMILES string of the molecule is C=CC1(OC(=O)OCC)C[C@H](C)CC[C@H]1C(C)C. The summed E-state index contributed by atoms with van der Waals surface area (Å²) in [5.41, 5.74) is -0.557. The molecule has 1 aliphatic carbocycles. The van der Waals surface area contributed by atoms with Crippen molar-refractivity contribution in [2.45, 2.75) is 52.6 Å². The maximum Gasteiger partial charge on any atom is 0.509 e. The van der Waals surface area contributed by atoms with Crippen LogP contribution < -0.4 is 0 Å². The first-order valence-corrected chi connectivity index (χ1v) is 6.94. The van der Waals surface area contributed by atoms with E-state index in [1.807, 2.05) is 6.08 Å². The molecule has 0 aromatic heterocycles. The Morgan fingerprint density at radius 2 is 2.17 bits per heavy atom. The third-order valence-corrected chi connectivity index (χ3v) is 3.95. The molecule has 18 heavy (non-hydrogen) atoms. The molecule has 104 valence electrons. The van der Waals surface area contributed by atoms with E-state index in [4.69, 9.17) is 9.47 Å². The lowest BCUT2D eigenvalue weighted by atomic mass is 9.67. The number of hydrogen-bond donors (Lipinski definition) is 0. The summed E-state index contributed by atoms with van der Waals surface area (Å²) in [6.45, 7) is 12.6. The van der Waals surface area contributed by atoms with Crippen molar-refractivity contribution in [2.75, 3.05) is 6.61 Å². The molecule has 1 aliphatic rings. The van der Waals surface area contributed by atoms with E-state index in [0.29, 0.717) is 24.4 Å². The minimum absolute atomic E-state index is 0.329. The lowest BCUT2D eigenvalue weighted by Crippen LogP contribution is -2.47. The highest BCUT2D eigenvalue weighted by Gasteiger charge is 2.45. The predicted octanol–water partition coefficient (Wildman–Crippen LogP) is 4.18. The Hall–Kier alpha value is -0.990. The molecule has 0 aliphatic heterocycles. The zero-order valence-corrected chi connectivity index (χ0v) is 12.1. The largest absolute Gasteiger partial charge is 0.509 e. The Labute approximate surface area is 111 Å². The first-order valence-electron chi connectivity index (χ1n) is 6.94. The monoisotopic (exact) mass is 254 g/mol. The summed E-state index contributed by atoms with van der Waals surface area (Å²) in [4.78, 5) is 11.7. The van der Waals surface area contributed by atoms with Crippen molar-refractivity contribution in [3.05, 3.63) is 12.7 Å². The highest BCUT2D eigenvalue weighted by Crippen LogP contribution is 2.44. The molecule has 0 N–H and O–H groups in total. The van der Waals surface area contributed by atoms with Crippen LogP contribution in [0.25, 0.3) is 0 Å². The molecule has 1 rings (SSSR count). The van der Waals surface area contributed by atoms with Gasteiger partial charge in [-0.15, -0.1) is 0 Å². The molecular weight excluding hydrogens is 228 g/mol. The maximum atomic E-state index is 11.7. The molecule has 0 saturated heterocycles. The van der Waals surface area contributed by atoms with Crippen LogP contribution in [0.5, 0.6) is 0 Å². The Morgan fingerprint density at radius 3 is 2.67 bits per heavy atom. The van der Waals surface area contributed by atoms with Gasteiger partial charge in [0.25, 0.3) is 0 Å². The first-order chi connectivity index (χ1) is 8.45. The Morgan fingerprint density at radius 1 is 1.50 bits per heavy atom. The van der Waals surface area contributed by atoms with Crippen LogP contribution in [-0.2, 0) is 9.47 Å². The number of carbonyl (C=O) groups is 1. The van der Waals surface area contributed by atoms with Gasteiger partial charge in [0, 0.05) is 5.92 Å². The molecule has 1 unspecified atom stereocenters. The number of carbonyl (C=O) groups excluding carboxylic acids is 1. The summed E-state index contributed by atoms with van der Waals surface area (Å²) in [5, 5.41) is 0. The standard InChI is InChI=1S/C15H26O3/c1-6-15(18-14(16)17-7-2)10-12(5)8-9-13(15)11(3)4/h6,11-13H,1,7-10H2,2-5H3/t12-,13+,15?/m1/s1. The van der Waals surface area contributed by atoms with E-state index >= 15 is 0 Å². The van der Waals surface area contributed by atoms with Gasteiger partial charge in [-0.3, -0.25) is 0 Å². The number of rotatable bonds is 4. The normalized spacial score (nSPS) is 32.1. The van der Waals surface area contributed by atoms with Crippen molar-refractivity contribution in [1.82, 2.24) is 0 Å². The molecule has 0 spiro atoms. The third kappa shape index (κ3) is 3.27. The quantitative estimate of drug-likeness (QED) is 0.558. The average molecular weight is 254 g/mol. The van der Waals surface area contributed by atoms with E-state index in [0.717, 1.165) is 12.8 Å². The fourth-order valence-corrected chi connectivity index (χ4v) is 3.10. The van der Waals surface area contributed by atoms with E-state index in [-0.39, 0.29) is 0 Å². The van der Waals surface area contributed by atoms with Gasteiger partial charge in [-0.1, -0.05) is 33.8 Å². The van der Waals surface area contributed by atoms with E-state index in [1.165, 1.54) is 6.42 Å². The van der Waals surface area contributed by atoms with Gasteiger partial charge >= 0.3 is 6.16 Å². The summed E-state index contributed by atoms with van der Waals surface area (Å²) in [6, 6.07) is 0. The first kappa shape index (κ1) is 15.1. The molecule has 1 fully saturated rings. The highest BCUT2D eigenvalue weighted by molar-refractivity contribution is 5.61. The van der Waals surface area contributed by atoms with Gasteiger partial charge in [-0.05, 0) is 37.7 Å². The van der Waals surface area contributed by atoms with Crippen LogP contribution in [0.4, 0.5) is 4.79 Å². The van der Waals surface area contributed by atoms with Crippen molar-refractivity contribution < 1.29 is 14.3 Å². The second-order valence-electron chi connectivity index (χ2n) is 5.68. The second kappa shape index (κ2) is 6.26. The summed E-state index contributed by atoms with van der Waals surface area (Å²) >= 11 is 0. The second-order valence-corrected chi connectivity index (χ2v) is 5.68. The summed E-state index contributed by atoms with van der Waals surface area (Å²) in [6.07, 6.45) is 4.34. The molecule has 0 bridgehead atoms. The minimum Gasteiger partial charge on any atom is -0.435 e. The molecule has 3 heteroatoms. The molecular formula is C15H26O3. The molecule has 0 aromatic carbocycles. The Bertz CT molecular complexity index is 298. The van der Waals surface area contributed by atoms with Crippen LogP contribution in [0.3, 0.4) is 0 Å². The Balaban J connectivity index is 2.90. The fraction of sp³-hybridized carbons (Fsp3) is 0.800. The van der Waals surface area contributed by atoms with Crippen LogP contribution >= 0.6 is 0 Å². The van der Waals surface area contributed by atoms with Gasteiger partial charge in [-0.2, -0.15) is 0 Å². The van der Waals surface area contributed by atoms with E-state index < -0.39 is 11.8 Å². The van der Waals surface area contributed by atoms with E-state index in [2.05, 4.69) is 27.4 Å². The molecule has 1 saturated carbocycles. The van der Waals surface area contributed by atoms with Gasteiger partial charge in [0.1, 0.15) is 5.60 Å². The van der Waals surface area contributed by atoms with Crippen molar-refractivity contribution in [1.29, 1.82) is 0 Å². The smallest absolute Gasteiger partial charge is 0.435 e. The zero-order valence-electron chi connectivity index (χ0n) is 12.1. The van der Waals surface area contributed by atoms with Crippen LogP contribution in [0.15, 0.2) is 12.7 Å². The van der Waals surface area contributed by atoms with Crippen molar-refractivity contribution in [3.63, 3.8) is 0 Å². The van der Waals surface area contributed by atoms with Crippen molar-refractivity contribution >= 4 is 6.16 Å². The molecule has 0 aromatic rings. The van der Waals surface area contributed by atoms with Gasteiger partial charge < -0.3 is 9.47 Å². The zero-order chi connectivity index (χ0) is 13.8. The number of hydrogen-bond acceptors (Lipinski definition) is 3. The van der Waals surface area contributed by atoms with Crippen molar-refractivity contribution in [2.24, 2.45) is 17.8 Å². The van der Waals surface area contributed by atoms with E-state index in [1.54, 1.807) is 6.92 Å². The molecule has 0 amide bonds. The summed E-state index contributed by atoms with van der Waals surface area (Å²) in [7, 11) is 0. The van der Waals surface area contributed by atoms with Gasteiger partial charge in [0.05, 0.1) is 6.61 Å². The van der Waals surface area contributed by atoms with Gasteiger partial charge in [0.15, 0.2) is 0 Å². The lowest BCUT2D eigenvalue weighted by Gasteiger charge is -2.45. The molecule has 0 heterocycles. The number of ether oxygens (including phenoxy) is 2. The van der Waals surface area contributed by atoms with Gasteiger partial charge in [0.2, 0.25) is 0 Å². The van der Waals surface area contributed by atoms with Crippen LogP contribution in [0, 0.1) is 17.8 Å². The van der Waals surface area contributed by atoms with Crippen molar-refractivity contribution in [3.8, 4) is 0 Å². The summed E-state index contributed by atoms with van der Waals surface area (Å²) in [5.74, 6) is 1.34. The third-order valence-electron chi connectivity index (χ3n) is 3.95. The molecule has 3 atom stereocenters. The maximum absolute atomic E-state index is 11.7. The lowest BCUT2D eigenvalue weighted by molar-refractivity contribution is -0.0785. The predicted molar refractivity (Wildman–Crippen MR) is 72.4 cm³/mol. The highest BCUT2D eigenvalue weighted by atomic mass is 16.7. The Kier molecular flexibility index (Phi) is 5.24. The fourth-order valence-electron chi connectivity index (χ4n) is 3.10. The average Bonchev–Trinajstić information content (AvgIpc) is 2.28. The molecule has 0 radical (unpaired) electrons. The molecule has 3 nitrogen and oxygen atoms in total. The van der Waals surface area contributed by atoms with Crippen LogP contribution in [0.2, 0.25) is 0 Å². The topological polar surface area (TPSA) is 35.5 Å². The summed E-state index contributed by atoms with van der Waals surface area (Å²) < 4.78 is 10.6. The minimum atomic E-state index is -0.572. The van der Waals surface area contributed by atoms with Crippen LogP contribution in [-0.4, -0.2) is 18.4 Å². The van der Waals surface area contributed by atoms with Gasteiger partial charge in [-0.25, -0.2) is 4.79 Å².